The molecule has 2 aromatic rings. The van der Waals surface area contributed by atoms with Crippen LogP contribution in [0.25, 0.3) is 0 Å². The van der Waals surface area contributed by atoms with Crippen LogP contribution in [0.5, 0.6) is 0 Å². The summed E-state index contributed by atoms with van der Waals surface area (Å²) in [5, 5.41) is 3.95. The average Bonchev–Trinajstić information content (AvgIpc) is 2.39. The average molecular weight is 296 g/mol. The smallest absolute Gasteiger partial charge is 0.124 e. The SMILES string of the molecule is CCNCc1ccc(Sc2cccc(F)c2)c(Cl)c1. The van der Waals surface area contributed by atoms with Crippen molar-refractivity contribution in [3.8, 4) is 0 Å². The van der Waals surface area contributed by atoms with Crippen LogP contribution in [0, 0.1) is 5.82 Å². The summed E-state index contributed by atoms with van der Waals surface area (Å²) in [5.41, 5.74) is 1.15. The lowest BCUT2D eigenvalue weighted by Gasteiger charge is -2.07. The summed E-state index contributed by atoms with van der Waals surface area (Å²) in [7, 11) is 0. The number of benzene rings is 2. The highest BCUT2D eigenvalue weighted by Gasteiger charge is 2.05. The van der Waals surface area contributed by atoms with Gasteiger partial charge in [-0.05, 0) is 42.4 Å². The van der Waals surface area contributed by atoms with Gasteiger partial charge in [-0.25, -0.2) is 4.39 Å². The Bertz CT molecular complexity index is 560. The first-order valence-electron chi connectivity index (χ1n) is 6.11. The van der Waals surface area contributed by atoms with Crippen molar-refractivity contribution in [3.63, 3.8) is 0 Å². The summed E-state index contributed by atoms with van der Waals surface area (Å²) in [4.78, 5) is 1.79. The minimum Gasteiger partial charge on any atom is -0.313 e. The van der Waals surface area contributed by atoms with Gasteiger partial charge in [-0.3, -0.25) is 0 Å². The fourth-order valence-electron chi connectivity index (χ4n) is 1.66. The van der Waals surface area contributed by atoms with Crippen LogP contribution in [0.4, 0.5) is 4.39 Å². The quantitative estimate of drug-likeness (QED) is 0.855. The molecule has 2 rings (SSSR count). The third-order valence-electron chi connectivity index (χ3n) is 2.60. The van der Waals surface area contributed by atoms with E-state index in [1.165, 1.54) is 23.9 Å². The molecule has 0 aliphatic rings. The zero-order valence-corrected chi connectivity index (χ0v) is 12.2. The van der Waals surface area contributed by atoms with Gasteiger partial charge in [-0.1, -0.05) is 42.4 Å². The van der Waals surface area contributed by atoms with Gasteiger partial charge in [-0.2, -0.15) is 0 Å². The Hall–Kier alpha value is -1.03. The lowest BCUT2D eigenvalue weighted by Crippen LogP contribution is -2.11. The highest BCUT2D eigenvalue weighted by molar-refractivity contribution is 7.99. The number of hydrogen-bond donors (Lipinski definition) is 1. The molecule has 0 radical (unpaired) electrons. The van der Waals surface area contributed by atoms with E-state index in [0.29, 0.717) is 5.02 Å². The molecule has 0 atom stereocenters. The van der Waals surface area contributed by atoms with E-state index >= 15 is 0 Å². The molecule has 0 saturated heterocycles. The van der Waals surface area contributed by atoms with Crippen molar-refractivity contribution in [2.24, 2.45) is 0 Å². The zero-order valence-electron chi connectivity index (χ0n) is 10.6. The van der Waals surface area contributed by atoms with E-state index in [-0.39, 0.29) is 5.82 Å². The molecule has 0 aliphatic heterocycles. The third-order valence-corrected chi connectivity index (χ3v) is 4.09. The van der Waals surface area contributed by atoms with Gasteiger partial charge >= 0.3 is 0 Å². The molecule has 4 heteroatoms. The van der Waals surface area contributed by atoms with Crippen LogP contribution in [-0.2, 0) is 6.54 Å². The first kappa shape index (κ1) is 14.4. The molecule has 1 N–H and O–H groups in total. The van der Waals surface area contributed by atoms with Gasteiger partial charge in [-0.15, -0.1) is 0 Å². The Morgan fingerprint density at radius 1 is 1.21 bits per heavy atom. The Balaban J connectivity index is 2.13. The lowest BCUT2D eigenvalue weighted by molar-refractivity contribution is 0.624. The molecule has 0 spiro atoms. The van der Waals surface area contributed by atoms with Crippen LogP contribution in [-0.4, -0.2) is 6.54 Å². The van der Waals surface area contributed by atoms with Crippen molar-refractivity contribution >= 4 is 23.4 Å². The van der Waals surface area contributed by atoms with E-state index in [1.807, 2.05) is 24.3 Å². The number of rotatable bonds is 5. The number of hydrogen-bond acceptors (Lipinski definition) is 2. The predicted molar refractivity (Wildman–Crippen MR) is 79.4 cm³/mol. The zero-order chi connectivity index (χ0) is 13.7. The molecule has 0 heterocycles. The van der Waals surface area contributed by atoms with Gasteiger partial charge in [0.25, 0.3) is 0 Å². The Morgan fingerprint density at radius 3 is 2.74 bits per heavy atom. The predicted octanol–water partition coefficient (Wildman–Crippen LogP) is 4.74. The van der Waals surface area contributed by atoms with Crippen molar-refractivity contribution in [2.45, 2.75) is 23.3 Å². The van der Waals surface area contributed by atoms with Gasteiger partial charge in [0.1, 0.15) is 5.82 Å². The lowest BCUT2D eigenvalue weighted by atomic mass is 10.2. The van der Waals surface area contributed by atoms with Crippen LogP contribution >= 0.6 is 23.4 Å². The maximum Gasteiger partial charge on any atom is 0.124 e. The molecule has 0 aromatic heterocycles. The van der Waals surface area contributed by atoms with Gasteiger partial charge in [0.2, 0.25) is 0 Å². The molecule has 0 unspecified atom stereocenters. The van der Waals surface area contributed by atoms with Crippen molar-refractivity contribution < 1.29 is 4.39 Å². The highest BCUT2D eigenvalue weighted by Crippen LogP contribution is 2.33. The third kappa shape index (κ3) is 4.23. The summed E-state index contributed by atoms with van der Waals surface area (Å²) >= 11 is 7.72. The van der Waals surface area contributed by atoms with Gasteiger partial charge in [0.05, 0.1) is 5.02 Å². The molecule has 100 valence electrons. The first-order chi connectivity index (χ1) is 9.19. The number of nitrogens with one attached hydrogen (secondary N) is 1. The maximum absolute atomic E-state index is 13.1. The van der Waals surface area contributed by atoms with E-state index in [9.17, 15) is 4.39 Å². The van der Waals surface area contributed by atoms with Crippen molar-refractivity contribution in [1.29, 1.82) is 0 Å². The number of halogens is 2. The Kier molecular flexibility index (Phi) is 5.25. The fraction of sp³-hybridized carbons (Fsp3) is 0.200. The molecule has 2 aromatic carbocycles. The van der Waals surface area contributed by atoms with Gasteiger partial charge in [0.15, 0.2) is 0 Å². The monoisotopic (exact) mass is 295 g/mol. The van der Waals surface area contributed by atoms with E-state index in [0.717, 1.165) is 28.4 Å². The molecular formula is C15H15ClFNS. The van der Waals surface area contributed by atoms with E-state index in [4.69, 9.17) is 11.6 Å². The van der Waals surface area contributed by atoms with Gasteiger partial charge in [0, 0.05) is 16.3 Å². The van der Waals surface area contributed by atoms with Crippen molar-refractivity contribution in [2.75, 3.05) is 6.54 Å². The van der Waals surface area contributed by atoms with E-state index < -0.39 is 0 Å². The summed E-state index contributed by atoms with van der Waals surface area (Å²) in [5.74, 6) is -0.232. The normalized spacial score (nSPS) is 10.7. The molecule has 19 heavy (non-hydrogen) atoms. The second-order valence-corrected chi connectivity index (χ2v) is 5.63. The first-order valence-corrected chi connectivity index (χ1v) is 7.31. The topological polar surface area (TPSA) is 12.0 Å². The van der Waals surface area contributed by atoms with E-state index in [1.54, 1.807) is 6.07 Å². The van der Waals surface area contributed by atoms with Crippen molar-refractivity contribution in [3.05, 3.63) is 58.9 Å². The fourth-order valence-corrected chi connectivity index (χ4v) is 2.85. The Morgan fingerprint density at radius 2 is 2.05 bits per heavy atom. The second-order valence-electron chi connectivity index (χ2n) is 4.10. The largest absolute Gasteiger partial charge is 0.313 e. The molecule has 0 fully saturated rings. The molecule has 0 aliphatic carbocycles. The van der Waals surface area contributed by atoms with Crippen LogP contribution in [0.15, 0.2) is 52.3 Å². The van der Waals surface area contributed by atoms with Crippen molar-refractivity contribution in [1.82, 2.24) is 5.32 Å². The molecular weight excluding hydrogens is 281 g/mol. The standard InChI is InChI=1S/C15H15ClFNS/c1-2-18-10-11-6-7-15(14(16)8-11)19-13-5-3-4-12(17)9-13/h3-9,18H,2,10H2,1H3. The van der Waals surface area contributed by atoms with E-state index in [2.05, 4.69) is 12.2 Å². The van der Waals surface area contributed by atoms with Crippen LogP contribution < -0.4 is 5.32 Å². The summed E-state index contributed by atoms with van der Waals surface area (Å²) in [6, 6.07) is 12.5. The highest BCUT2D eigenvalue weighted by atomic mass is 35.5. The van der Waals surface area contributed by atoms with Crippen LogP contribution in [0.3, 0.4) is 0 Å². The summed E-state index contributed by atoms with van der Waals surface area (Å²) < 4.78 is 13.1. The minimum absolute atomic E-state index is 0.232. The van der Waals surface area contributed by atoms with Crippen LogP contribution in [0.1, 0.15) is 12.5 Å². The second kappa shape index (κ2) is 6.94. The summed E-state index contributed by atoms with van der Waals surface area (Å²) in [6.07, 6.45) is 0. The molecule has 0 bridgehead atoms. The van der Waals surface area contributed by atoms with Gasteiger partial charge < -0.3 is 5.32 Å². The molecule has 0 saturated carbocycles. The Labute approximate surface area is 122 Å². The summed E-state index contributed by atoms with van der Waals surface area (Å²) in [6.45, 7) is 3.80. The molecule has 1 nitrogen and oxygen atoms in total. The molecule has 0 amide bonds. The minimum atomic E-state index is -0.232. The van der Waals surface area contributed by atoms with Crippen LogP contribution in [0.2, 0.25) is 5.02 Å². The maximum atomic E-state index is 13.1.